The molecule has 142 valence electrons. The van der Waals surface area contributed by atoms with E-state index in [1.54, 1.807) is 36.4 Å². The van der Waals surface area contributed by atoms with Crippen LogP contribution in [0.3, 0.4) is 0 Å². The molecule has 0 unspecified atom stereocenters. The zero-order chi connectivity index (χ0) is 19.6. The molecule has 0 aromatic heterocycles. The molecule has 2 aromatic carbocycles. The van der Waals surface area contributed by atoms with Gasteiger partial charge in [-0.3, -0.25) is 25.8 Å². The predicted molar refractivity (Wildman–Crippen MR) is 106 cm³/mol. The molecule has 0 aliphatic rings. The van der Waals surface area contributed by atoms with Crippen molar-refractivity contribution in [1.29, 1.82) is 0 Å². The van der Waals surface area contributed by atoms with Crippen molar-refractivity contribution >= 4 is 40.7 Å². The fourth-order valence-corrected chi connectivity index (χ4v) is 2.11. The van der Waals surface area contributed by atoms with Crippen LogP contribution in [0.4, 0.5) is 0 Å². The molecule has 0 atom stereocenters. The van der Waals surface area contributed by atoms with Crippen molar-refractivity contribution in [3.05, 3.63) is 59.1 Å². The van der Waals surface area contributed by atoms with Crippen LogP contribution < -0.4 is 25.6 Å². The van der Waals surface area contributed by atoms with Crippen molar-refractivity contribution in [1.82, 2.24) is 16.2 Å². The topological polar surface area (TPSA) is 88.7 Å². The molecule has 0 heterocycles. The molecule has 0 saturated heterocycles. The Bertz CT molecular complexity index is 797. The number of carbonyl (C=O) groups is 2. The smallest absolute Gasteiger partial charge is 0.276 e. The molecule has 27 heavy (non-hydrogen) atoms. The number of amides is 2. The van der Waals surface area contributed by atoms with E-state index in [4.69, 9.17) is 33.3 Å². The molecule has 0 saturated carbocycles. The van der Waals surface area contributed by atoms with Gasteiger partial charge in [0.05, 0.1) is 0 Å². The summed E-state index contributed by atoms with van der Waals surface area (Å²) in [7, 11) is 0. The maximum absolute atomic E-state index is 11.8. The highest BCUT2D eigenvalue weighted by Crippen LogP contribution is 2.15. The van der Waals surface area contributed by atoms with Crippen LogP contribution in [-0.4, -0.2) is 30.1 Å². The number of aryl methyl sites for hydroxylation is 1. The first-order chi connectivity index (χ1) is 12.9. The Morgan fingerprint density at radius 3 is 2.00 bits per heavy atom. The maximum Gasteiger partial charge on any atom is 0.276 e. The fraction of sp³-hybridized carbons (Fsp3) is 0.167. The number of carbonyl (C=O) groups excluding carboxylic acids is 2. The van der Waals surface area contributed by atoms with Crippen molar-refractivity contribution in [2.45, 2.75) is 6.92 Å². The van der Waals surface area contributed by atoms with Crippen LogP contribution in [0.1, 0.15) is 5.56 Å². The molecule has 7 nitrogen and oxygen atoms in total. The summed E-state index contributed by atoms with van der Waals surface area (Å²) in [6.45, 7) is 1.51. The van der Waals surface area contributed by atoms with Crippen molar-refractivity contribution in [3.63, 3.8) is 0 Å². The highest BCUT2D eigenvalue weighted by Gasteiger charge is 2.07. The highest BCUT2D eigenvalue weighted by atomic mass is 35.5. The van der Waals surface area contributed by atoms with Crippen molar-refractivity contribution in [2.75, 3.05) is 13.2 Å². The first-order valence-electron chi connectivity index (χ1n) is 7.89. The van der Waals surface area contributed by atoms with Crippen LogP contribution in [0.25, 0.3) is 0 Å². The lowest BCUT2D eigenvalue weighted by molar-refractivity contribution is -0.124. The summed E-state index contributed by atoms with van der Waals surface area (Å²) >= 11 is 10.7. The molecule has 0 aliphatic carbocycles. The van der Waals surface area contributed by atoms with Gasteiger partial charge in [0.2, 0.25) is 0 Å². The molecule has 2 aromatic rings. The Kier molecular flexibility index (Phi) is 7.84. The Balaban J connectivity index is 1.62. The van der Waals surface area contributed by atoms with Gasteiger partial charge in [0, 0.05) is 5.02 Å². The third-order valence-electron chi connectivity index (χ3n) is 3.14. The fourth-order valence-electron chi connectivity index (χ4n) is 1.82. The number of hydrogen-bond donors (Lipinski definition) is 3. The van der Waals surface area contributed by atoms with E-state index in [-0.39, 0.29) is 18.3 Å². The lowest BCUT2D eigenvalue weighted by Gasteiger charge is -2.12. The second-order valence-corrected chi connectivity index (χ2v) is 6.24. The van der Waals surface area contributed by atoms with Crippen LogP contribution in [0.15, 0.2) is 48.5 Å². The number of hydrogen-bond acceptors (Lipinski definition) is 5. The molecule has 2 amide bonds. The third kappa shape index (κ3) is 7.93. The van der Waals surface area contributed by atoms with Gasteiger partial charge in [-0.05, 0) is 55.5 Å². The van der Waals surface area contributed by atoms with E-state index in [9.17, 15) is 9.59 Å². The Morgan fingerprint density at radius 2 is 1.41 bits per heavy atom. The van der Waals surface area contributed by atoms with E-state index in [2.05, 4.69) is 16.2 Å². The summed E-state index contributed by atoms with van der Waals surface area (Å²) in [6, 6.07) is 13.9. The van der Waals surface area contributed by atoms with E-state index in [1.165, 1.54) is 0 Å². The van der Waals surface area contributed by atoms with Crippen LogP contribution in [-0.2, 0) is 9.59 Å². The lowest BCUT2D eigenvalue weighted by atomic mass is 10.2. The van der Waals surface area contributed by atoms with Gasteiger partial charge in [0.25, 0.3) is 11.8 Å². The van der Waals surface area contributed by atoms with Gasteiger partial charge in [-0.1, -0.05) is 29.3 Å². The van der Waals surface area contributed by atoms with E-state index in [0.717, 1.165) is 5.56 Å². The summed E-state index contributed by atoms with van der Waals surface area (Å²) < 4.78 is 10.6. The molecule has 0 spiro atoms. The predicted octanol–water partition coefficient (Wildman–Crippen LogP) is 2.13. The van der Waals surface area contributed by atoms with Gasteiger partial charge in [-0.25, -0.2) is 0 Å². The monoisotopic (exact) mass is 407 g/mol. The average Bonchev–Trinajstić information content (AvgIpc) is 2.65. The number of benzene rings is 2. The minimum Gasteiger partial charge on any atom is -0.484 e. The van der Waals surface area contributed by atoms with Crippen LogP contribution in [0, 0.1) is 6.92 Å². The summed E-state index contributed by atoms with van der Waals surface area (Å²) in [5, 5.41) is 2.89. The largest absolute Gasteiger partial charge is 0.484 e. The number of halogens is 1. The lowest BCUT2D eigenvalue weighted by Crippen LogP contribution is -2.50. The summed E-state index contributed by atoms with van der Waals surface area (Å²) in [5.74, 6) is 0.137. The van der Waals surface area contributed by atoms with Crippen molar-refractivity contribution in [3.8, 4) is 11.5 Å². The summed E-state index contributed by atoms with van der Waals surface area (Å²) in [4.78, 5) is 23.5. The maximum atomic E-state index is 11.8. The SMILES string of the molecule is Cc1ccc(OCC(=O)NC(=S)NNC(=O)COc2ccc(Cl)cc2)cc1. The van der Waals surface area contributed by atoms with Crippen molar-refractivity contribution in [2.24, 2.45) is 0 Å². The summed E-state index contributed by atoms with van der Waals surface area (Å²) in [5.41, 5.74) is 5.81. The standard InChI is InChI=1S/C18H18ClN3O4S/c1-12-2-6-14(7-3-12)25-10-16(23)20-18(27)22-21-17(24)11-26-15-8-4-13(19)5-9-15/h2-9H,10-11H2,1H3,(H,21,24)(H2,20,22,23,27). The second-order valence-electron chi connectivity index (χ2n) is 5.39. The van der Waals surface area contributed by atoms with E-state index in [0.29, 0.717) is 16.5 Å². The molecule has 0 radical (unpaired) electrons. The van der Waals surface area contributed by atoms with E-state index < -0.39 is 11.8 Å². The van der Waals surface area contributed by atoms with E-state index >= 15 is 0 Å². The van der Waals surface area contributed by atoms with Crippen LogP contribution in [0.2, 0.25) is 5.02 Å². The van der Waals surface area contributed by atoms with Crippen LogP contribution >= 0.6 is 23.8 Å². The highest BCUT2D eigenvalue weighted by molar-refractivity contribution is 7.80. The summed E-state index contributed by atoms with van der Waals surface area (Å²) in [6.07, 6.45) is 0. The molecular weight excluding hydrogens is 390 g/mol. The molecule has 2 rings (SSSR count). The number of nitrogens with one attached hydrogen (secondary N) is 3. The Hall–Kier alpha value is -2.84. The second kappa shape index (κ2) is 10.3. The molecule has 3 N–H and O–H groups in total. The Morgan fingerprint density at radius 1 is 0.889 bits per heavy atom. The molecule has 0 aliphatic heterocycles. The first-order valence-corrected chi connectivity index (χ1v) is 8.67. The first kappa shape index (κ1) is 20.5. The zero-order valence-electron chi connectivity index (χ0n) is 14.5. The molecule has 0 fully saturated rings. The zero-order valence-corrected chi connectivity index (χ0v) is 16.0. The van der Waals surface area contributed by atoms with Gasteiger partial charge < -0.3 is 9.47 Å². The number of thiocarbonyl (C=S) groups is 1. The van der Waals surface area contributed by atoms with Gasteiger partial charge in [-0.2, -0.15) is 0 Å². The molecular formula is C18H18ClN3O4S. The number of hydrazine groups is 1. The number of rotatable bonds is 6. The normalized spacial score (nSPS) is 9.85. The van der Waals surface area contributed by atoms with Gasteiger partial charge in [0.15, 0.2) is 18.3 Å². The van der Waals surface area contributed by atoms with E-state index in [1.807, 2.05) is 19.1 Å². The minimum absolute atomic E-state index is 0.0626. The van der Waals surface area contributed by atoms with Crippen LogP contribution in [0.5, 0.6) is 11.5 Å². The van der Waals surface area contributed by atoms with Crippen molar-refractivity contribution < 1.29 is 19.1 Å². The van der Waals surface area contributed by atoms with Gasteiger partial charge >= 0.3 is 0 Å². The van der Waals surface area contributed by atoms with Gasteiger partial charge in [-0.15, -0.1) is 0 Å². The third-order valence-corrected chi connectivity index (χ3v) is 3.60. The Labute approximate surface area is 167 Å². The minimum atomic E-state index is -0.475. The van der Waals surface area contributed by atoms with Gasteiger partial charge in [0.1, 0.15) is 11.5 Å². The molecule has 9 heteroatoms. The number of ether oxygens (including phenoxy) is 2. The average molecular weight is 408 g/mol. The molecule has 0 bridgehead atoms. The quantitative estimate of drug-likeness (QED) is 0.502.